The number of thiophene rings is 1. The molecule has 1 N–H and O–H groups in total. The molecule has 0 radical (unpaired) electrons. The zero-order chi connectivity index (χ0) is 15.5. The summed E-state index contributed by atoms with van der Waals surface area (Å²) in [5.74, 6) is 0.192. The fourth-order valence-corrected chi connectivity index (χ4v) is 3.36. The third kappa shape index (κ3) is 3.20. The van der Waals surface area contributed by atoms with Crippen molar-refractivity contribution in [2.45, 2.75) is 25.8 Å². The third-order valence-corrected chi connectivity index (χ3v) is 4.77. The Morgan fingerprint density at radius 1 is 1.32 bits per heavy atom. The molecule has 2 amide bonds. The van der Waals surface area contributed by atoms with Gasteiger partial charge in [-0.15, -0.1) is 11.3 Å². The van der Waals surface area contributed by atoms with Crippen LogP contribution in [0.1, 0.15) is 22.4 Å². The summed E-state index contributed by atoms with van der Waals surface area (Å²) in [5.41, 5.74) is 3.22. The molecule has 1 aliphatic heterocycles. The molecule has 114 valence electrons. The van der Waals surface area contributed by atoms with Gasteiger partial charge in [0.15, 0.2) is 0 Å². The van der Waals surface area contributed by atoms with Crippen molar-refractivity contribution in [3.05, 3.63) is 51.7 Å². The van der Waals surface area contributed by atoms with Crippen molar-refractivity contribution in [1.29, 1.82) is 0 Å². The van der Waals surface area contributed by atoms with Gasteiger partial charge in [-0.1, -0.05) is 18.2 Å². The molecule has 1 aromatic carbocycles. The number of fused-ring (bicyclic) bond motifs is 1. The van der Waals surface area contributed by atoms with Gasteiger partial charge in [0, 0.05) is 30.6 Å². The van der Waals surface area contributed by atoms with E-state index in [1.165, 1.54) is 5.56 Å². The van der Waals surface area contributed by atoms with Crippen LogP contribution in [-0.2, 0) is 29.0 Å². The van der Waals surface area contributed by atoms with Gasteiger partial charge in [-0.25, -0.2) is 0 Å². The number of carbonyl (C=O) groups is 2. The first-order chi connectivity index (χ1) is 10.6. The van der Waals surface area contributed by atoms with E-state index in [1.807, 2.05) is 36.7 Å². The molecule has 0 unspecified atom stereocenters. The normalized spacial score (nSPS) is 13.9. The first-order valence-corrected chi connectivity index (χ1v) is 8.19. The van der Waals surface area contributed by atoms with Crippen molar-refractivity contribution in [2.24, 2.45) is 0 Å². The number of anilines is 1. The molecule has 0 spiro atoms. The van der Waals surface area contributed by atoms with Gasteiger partial charge in [0.05, 0.1) is 6.42 Å². The van der Waals surface area contributed by atoms with Gasteiger partial charge in [0.25, 0.3) is 0 Å². The molecule has 0 saturated carbocycles. The lowest BCUT2D eigenvalue weighted by Gasteiger charge is -2.26. The predicted molar refractivity (Wildman–Crippen MR) is 88.0 cm³/mol. The van der Waals surface area contributed by atoms with Crippen molar-refractivity contribution in [1.82, 2.24) is 5.32 Å². The zero-order valence-corrected chi connectivity index (χ0v) is 13.3. The molecule has 1 aliphatic rings. The van der Waals surface area contributed by atoms with Crippen LogP contribution < -0.4 is 10.2 Å². The maximum atomic E-state index is 11.9. The van der Waals surface area contributed by atoms with Crippen LogP contribution in [0.15, 0.2) is 35.7 Å². The SMILES string of the molecule is CN1C(=O)CCc2cc(CNC(=O)Cc3cccs3)ccc21. The smallest absolute Gasteiger partial charge is 0.227 e. The molecular formula is C17H18N2O2S. The van der Waals surface area contributed by atoms with Crippen LogP contribution in [0.2, 0.25) is 0 Å². The molecular weight excluding hydrogens is 296 g/mol. The van der Waals surface area contributed by atoms with Crippen molar-refractivity contribution < 1.29 is 9.59 Å². The van der Waals surface area contributed by atoms with Crippen LogP contribution in [0.3, 0.4) is 0 Å². The minimum atomic E-state index is 0.0347. The average molecular weight is 314 g/mol. The number of carbonyl (C=O) groups excluding carboxylic acids is 2. The highest BCUT2D eigenvalue weighted by atomic mass is 32.1. The van der Waals surface area contributed by atoms with E-state index in [1.54, 1.807) is 16.2 Å². The topological polar surface area (TPSA) is 49.4 Å². The van der Waals surface area contributed by atoms with E-state index in [9.17, 15) is 9.59 Å². The van der Waals surface area contributed by atoms with Gasteiger partial charge in [-0.05, 0) is 35.1 Å². The van der Waals surface area contributed by atoms with Crippen molar-refractivity contribution in [3.8, 4) is 0 Å². The van der Waals surface area contributed by atoms with Gasteiger partial charge in [-0.3, -0.25) is 9.59 Å². The van der Waals surface area contributed by atoms with E-state index in [2.05, 4.69) is 11.4 Å². The maximum absolute atomic E-state index is 11.9. The van der Waals surface area contributed by atoms with E-state index >= 15 is 0 Å². The van der Waals surface area contributed by atoms with E-state index in [-0.39, 0.29) is 11.8 Å². The maximum Gasteiger partial charge on any atom is 0.227 e. The molecule has 2 aromatic rings. The first-order valence-electron chi connectivity index (χ1n) is 7.31. The second-order valence-corrected chi connectivity index (χ2v) is 6.48. The summed E-state index contributed by atoms with van der Waals surface area (Å²) in [6.07, 6.45) is 1.76. The van der Waals surface area contributed by atoms with E-state index < -0.39 is 0 Å². The van der Waals surface area contributed by atoms with Crippen LogP contribution in [0.5, 0.6) is 0 Å². The van der Waals surface area contributed by atoms with Gasteiger partial charge < -0.3 is 10.2 Å². The van der Waals surface area contributed by atoms with Crippen molar-refractivity contribution >= 4 is 28.8 Å². The summed E-state index contributed by atoms with van der Waals surface area (Å²) in [7, 11) is 1.81. The number of aryl methyl sites for hydroxylation is 1. The summed E-state index contributed by atoms with van der Waals surface area (Å²) in [5, 5.41) is 4.93. The van der Waals surface area contributed by atoms with Crippen LogP contribution in [0.25, 0.3) is 0 Å². The molecule has 5 heteroatoms. The second kappa shape index (κ2) is 6.32. The Hall–Kier alpha value is -2.14. The van der Waals surface area contributed by atoms with Crippen molar-refractivity contribution in [3.63, 3.8) is 0 Å². The van der Waals surface area contributed by atoms with Crippen LogP contribution >= 0.6 is 11.3 Å². The largest absolute Gasteiger partial charge is 0.352 e. The number of nitrogens with one attached hydrogen (secondary N) is 1. The minimum Gasteiger partial charge on any atom is -0.352 e. The zero-order valence-electron chi connectivity index (χ0n) is 12.5. The summed E-state index contributed by atoms with van der Waals surface area (Å²) >= 11 is 1.59. The highest BCUT2D eigenvalue weighted by molar-refractivity contribution is 7.10. The Bertz CT molecular complexity index is 695. The molecule has 22 heavy (non-hydrogen) atoms. The molecule has 0 fully saturated rings. The highest BCUT2D eigenvalue weighted by Crippen LogP contribution is 2.27. The fraction of sp³-hybridized carbons (Fsp3) is 0.294. The van der Waals surface area contributed by atoms with Crippen LogP contribution in [0, 0.1) is 0 Å². The molecule has 0 aliphatic carbocycles. The Labute approximate surface area is 133 Å². The van der Waals surface area contributed by atoms with Gasteiger partial charge in [0.1, 0.15) is 0 Å². The standard InChI is InChI=1S/C17H18N2O2S/c1-19-15-6-4-12(9-13(15)5-7-17(19)21)11-18-16(20)10-14-3-2-8-22-14/h2-4,6,8-9H,5,7,10-11H2,1H3,(H,18,20). The lowest BCUT2D eigenvalue weighted by molar-refractivity contribution is -0.120. The number of rotatable bonds is 4. The lowest BCUT2D eigenvalue weighted by atomic mass is 9.99. The summed E-state index contributed by atoms with van der Waals surface area (Å²) in [6.45, 7) is 0.523. The second-order valence-electron chi connectivity index (χ2n) is 5.45. The summed E-state index contributed by atoms with van der Waals surface area (Å²) < 4.78 is 0. The van der Waals surface area contributed by atoms with Crippen LogP contribution in [-0.4, -0.2) is 18.9 Å². The number of benzene rings is 1. The number of hydrogen-bond acceptors (Lipinski definition) is 3. The number of hydrogen-bond donors (Lipinski definition) is 1. The van der Waals surface area contributed by atoms with Crippen LogP contribution in [0.4, 0.5) is 5.69 Å². The average Bonchev–Trinajstić information content (AvgIpc) is 3.02. The quantitative estimate of drug-likeness (QED) is 0.943. The van der Waals surface area contributed by atoms with E-state index in [0.717, 1.165) is 22.5 Å². The van der Waals surface area contributed by atoms with E-state index in [0.29, 0.717) is 19.4 Å². The Morgan fingerprint density at radius 3 is 2.95 bits per heavy atom. The monoisotopic (exact) mass is 314 g/mol. The Morgan fingerprint density at radius 2 is 2.18 bits per heavy atom. The molecule has 4 nitrogen and oxygen atoms in total. The summed E-state index contributed by atoms with van der Waals surface area (Å²) in [6, 6.07) is 9.95. The molecule has 1 aromatic heterocycles. The van der Waals surface area contributed by atoms with Crippen molar-refractivity contribution in [2.75, 3.05) is 11.9 Å². The predicted octanol–water partition coefficient (Wildman–Crippen LogP) is 2.52. The molecule has 0 saturated heterocycles. The lowest BCUT2D eigenvalue weighted by Crippen LogP contribution is -2.31. The molecule has 3 rings (SSSR count). The van der Waals surface area contributed by atoms with Gasteiger partial charge in [-0.2, -0.15) is 0 Å². The molecule has 2 heterocycles. The highest BCUT2D eigenvalue weighted by Gasteiger charge is 2.20. The number of nitrogens with zero attached hydrogens (tertiary/aromatic N) is 1. The molecule has 0 atom stereocenters. The van der Waals surface area contributed by atoms with Gasteiger partial charge in [0.2, 0.25) is 11.8 Å². The minimum absolute atomic E-state index is 0.0347. The summed E-state index contributed by atoms with van der Waals surface area (Å²) in [4.78, 5) is 26.4. The Balaban J connectivity index is 1.62. The number of amides is 2. The Kier molecular flexibility index (Phi) is 4.24. The third-order valence-electron chi connectivity index (χ3n) is 3.89. The molecule has 0 bridgehead atoms. The fourth-order valence-electron chi connectivity index (χ4n) is 2.65. The first kappa shape index (κ1) is 14.8. The van der Waals surface area contributed by atoms with Gasteiger partial charge >= 0.3 is 0 Å². The van der Waals surface area contributed by atoms with E-state index in [4.69, 9.17) is 0 Å².